The first kappa shape index (κ1) is 26.1. The zero-order valence-electron chi connectivity index (χ0n) is 22.7. The summed E-state index contributed by atoms with van der Waals surface area (Å²) >= 11 is 0. The minimum Gasteiger partial charge on any atom is -0.172 e. The number of halogens is 3. The van der Waals surface area contributed by atoms with Gasteiger partial charge in [0.15, 0.2) is 0 Å². The Labute approximate surface area is 243 Å². The standard InChI is InChI=1S/C36H19F3N4/c1-20-2-4-21(5-3-20)23-8-12-26-28-16-33-29(17-32(28)34(42-18-40)30(26)14-23)27-13-9-24(15-31(27)35(33)43-19-41)22-6-10-25(11-7-22)36(37,38)39/h2-17H,1H3/b42-34+,43-35+. The van der Waals surface area contributed by atoms with E-state index in [1.165, 1.54) is 17.7 Å². The summed E-state index contributed by atoms with van der Waals surface area (Å²) in [6, 6.07) is 28.9. The molecule has 0 aromatic heterocycles. The van der Waals surface area contributed by atoms with Crippen molar-refractivity contribution >= 4 is 43.1 Å². The van der Waals surface area contributed by atoms with E-state index in [-0.39, 0.29) is 0 Å². The smallest absolute Gasteiger partial charge is 0.172 e. The summed E-state index contributed by atoms with van der Waals surface area (Å²) in [6.07, 6.45) is -0.537. The molecular formula is C36H19F3N4. The van der Waals surface area contributed by atoms with Crippen LogP contribution in [0.25, 0.3) is 65.3 Å². The molecule has 7 heteroatoms. The van der Waals surface area contributed by atoms with Crippen molar-refractivity contribution in [2.75, 3.05) is 0 Å². The molecule has 0 radical (unpaired) electrons. The second kappa shape index (κ2) is 9.65. The third kappa shape index (κ3) is 4.22. The lowest BCUT2D eigenvalue weighted by atomic mass is 10.0. The number of hydrogen-bond acceptors (Lipinski definition) is 4. The van der Waals surface area contributed by atoms with Crippen LogP contribution in [0.5, 0.6) is 0 Å². The Hall–Kier alpha value is -5.79. The Balaban J connectivity index is 1.48. The molecule has 0 N–H and O–H groups in total. The predicted molar refractivity (Wildman–Crippen MR) is 162 cm³/mol. The van der Waals surface area contributed by atoms with Crippen LogP contribution >= 0.6 is 0 Å². The summed E-state index contributed by atoms with van der Waals surface area (Å²) in [5, 5.41) is 26.9. The van der Waals surface area contributed by atoms with Gasteiger partial charge >= 0.3 is 6.18 Å². The molecular weight excluding hydrogens is 545 g/mol. The van der Waals surface area contributed by atoms with Crippen molar-refractivity contribution in [2.45, 2.75) is 13.1 Å². The predicted octanol–water partition coefficient (Wildman–Crippen LogP) is 8.60. The van der Waals surface area contributed by atoms with Crippen LogP contribution in [0.2, 0.25) is 0 Å². The number of hydrogen-bond donors (Lipinski definition) is 0. The quantitative estimate of drug-likeness (QED) is 0.197. The fourth-order valence-electron chi connectivity index (χ4n) is 5.98. The van der Waals surface area contributed by atoms with Crippen molar-refractivity contribution in [1.82, 2.24) is 0 Å². The van der Waals surface area contributed by atoms with Crippen molar-refractivity contribution in [1.29, 1.82) is 10.5 Å². The van der Waals surface area contributed by atoms with Gasteiger partial charge in [-0.25, -0.2) is 0 Å². The minimum atomic E-state index is -4.42. The van der Waals surface area contributed by atoms with Crippen LogP contribution in [-0.4, -0.2) is 0 Å². The van der Waals surface area contributed by atoms with Gasteiger partial charge in [0, 0.05) is 21.5 Å². The summed E-state index contributed by atoms with van der Waals surface area (Å²) < 4.78 is 39.3. The summed E-state index contributed by atoms with van der Waals surface area (Å²) in [6.45, 7) is 2.04. The first-order valence-electron chi connectivity index (χ1n) is 13.4. The van der Waals surface area contributed by atoms with E-state index in [1.807, 2.05) is 61.8 Å². The van der Waals surface area contributed by atoms with Gasteiger partial charge in [-0.15, -0.1) is 0 Å². The summed E-state index contributed by atoms with van der Waals surface area (Å²) in [4.78, 5) is 8.41. The third-order valence-electron chi connectivity index (χ3n) is 8.05. The first-order valence-corrected chi connectivity index (χ1v) is 13.4. The van der Waals surface area contributed by atoms with Gasteiger partial charge in [-0.1, -0.05) is 66.2 Å². The van der Waals surface area contributed by atoms with Gasteiger partial charge in [-0.3, -0.25) is 0 Å². The Morgan fingerprint density at radius 3 is 1.30 bits per heavy atom. The SMILES string of the molecule is Cc1ccc(-c2ccc3c(c2)/c(=N\C#N)c2cc4c(cc23)/c(=N/C#N)c2cc(-c3ccc(C(F)(F)F)cc3)ccc24)cc1. The van der Waals surface area contributed by atoms with Crippen molar-refractivity contribution < 1.29 is 13.2 Å². The van der Waals surface area contributed by atoms with Crippen LogP contribution < -0.4 is 10.7 Å². The van der Waals surface area contributed by atoms with Crippen LogP contribution in [0.3, 0.4) is 0 Å². The van der Waals surface area contributed by atoms with E-state index in [0.717, 1.165) is 61.0 Å². The molecule has 0 bridgehead atoms. The number of benzene rings is 5. The van der Waals surface area contributed by atoms with Crippen LogP contribution in [0.1, 0.15) is 11.1 Å². The highest BCUT2D eigenvalue weighted by atomic mass is 19.4. The number of rotatable bonds is 2. The number of alkyl halides is 3. The largest absolute Gasteiger partial charge is 0.416 e. The molecule has 0 aliphatic rings. The lowest BCUT2D eigenvalue weighted by Crippen LogP contribution is -2.04. The van der Waals surface area contributed by atoms with Crippen molar-refractivity contribution in [3.63, 3.8) is 0 Å². The van der Waals surface area contributed by atoms with Gasteiger partial charge in [-0.05, 0) is 87.1 Å². The minimum absolute atomic E-state index is 0.493. The highest BCUT2D eigenvalue weighted by Gasteiger charge is 2.30. The molecule has 7 aromatic carbocycles. The number of aryl methyl sites for hydroxylation is 1. The maximum Gasteiger partial charge on any atom is 0.416 e. The second-order valence-electron chi connectivity index (χ2n) is 10.5. The monoisotopic (exact) mass is 564 g/mol. The molecule has 204 valence electrons. The maximum atomic E-state index is 13.1. The molecule has 0 amide bonds. The summed E-state index contributed by atoms with van der Waals surface area (Å²) in [7, 11) is 0. The molecule has 0 heterocycles. The van der Waals surface area contributed by atoms with Crippen LogP contribution in [0.15, 0.2) is 107 Å². The molecule has 0 aliphatic carbocycles. The van der Waals surface area contributed by atoms with Crippen molar-refractivity contribution in [3.8, 4) is 34.6 Å². The molecule has 7 rings (SSSR count). The molecule has 0 atom stereocenters. The van der Waals surface area contributed by atoms with Crippen molar-refractivity contribution in [2.24, 2.45) is 9.98 Å². The van der Waals surface area contributed by atoms with Crippen molar-refractivity contribution in [3.05, 3.63) is 119 Å². The van der Waals surface area contributed by atoms with E-state index < -0.39 is 11.7 Å². The topological polar surface area (TPSA) is 72.3 Å². The highest BCUT2D eigenvalue weighted by Crippen LogP contribution is 2.36. The molecule has 43 heavy (non-hydrogen) atoms. The fourth-order valence-corrected chi connectivity index (χ4v) is 5.98. The van der Waals surface area contributed by atoms with Gasteiger partial charge in [0.05, 0.1) is 16.3 Å². The lowest BCUT2D eigenvalue weighted by Gasteiger charge is -2.08. The molecule has 0 aliphatic heterocycles. The molecule has 7 aromatic rings. The normalized spacial score (nSPS) is 12.9. The zero-order valence-corrected chi connectivity index (χ0v) is 22.7. The molecule has 0 unspecified atom stereocenters. The Kier molecular flexibility index (Phi) is 5.86. The molecule has 0 spiro atoms. The van der Waals surface area contributed by atoms with E-state index >= 15 is 0 Å². The van der Waals surface area contributed by atoms with Gasteiger partial charge in [0.2, 0.25) is 12.4 Å². The van der Waals surface area contributed by atoms with Crippen LogP contribution in [0, 0.1) is 29.8 Å². The van der Waals surface area contributed by atoms with Gasteiger partial charge in [0.1, 0.15) is 0 Å². The number of nitrogens with zero attached hydrogens (tertiary/aromatic N) is 4. The molecule has 0 fully saturated rings. The van der Waals surface area contributed by atoms with Crippen LogP contribution in [0.4, 0.5) is 13.2 Å². The van der Waals surface area contributed by atoms with E-state index in [0.29, 0.717) is 27.2 Å². The molecule has 0 saturated heterocycles. The van der Waals surface area contributed by atoms with E-state index in [1.54, 1.807) is 0 Å². The average Bonchev–Trinajstić information content (AvgIpc) is 3.47. The maximum absolute atomic E-state index is 13.1. The highest BCUT2D eigenvalue weighted by molar-refractivity contribution is 6.21. The Morgan fingerprint density at radius 1 is 0.488 bits per heavy atom. The summed E-state index contributed by atoms with van der Waals surface area (Å²) in [5.74, 6) is 0. The van der Waals surface area contributed by atoms with Gasteiger partial charge in [0.25, 0.3) is 0 Å². The first-order chi connectivity index (χ1) is 20.8. The van der Waals surface area contributed by atoms with E-state index in [4.69, 9.17) is 0 Å². The van der Waals surface area contributed by atoms with Gasteiger partial charge < -0.3 is 0 Å². The Bertz CT molecular complexity index is 2450. The van der Waals surface area contributed by atoms with E-state index in [9.17, 15) is 23.7 Å². The third-order valence-corrected chi connectivity index (χ3v) is 8.05. The van der Waals surface area contributed by atoms with E-state index in [2.05, 4.69) is 40.3 Å². The Morgan fingerprint density at radius 2 is 0.884 bits per heavy atom. The van der Waals surface area contributed by atoms with Gasteiger partial charge in [-0.2, -0.15) is 33.7 Å². The second-order valence-corrected chi connectivity index (χ2v) is 10.5. The number of nitriles is 2. The molecule has 0 saturated carbocycles. The summed E-state index contributed by atoms with van der Waals surface area (Å²) in [5.41, 5.74) is 3.85. The number of fused-ring (bicyclic) bond motifs is 6. The average molecular weight is 565 g/mol. The lowest BCUT2D eigenvalue weighted by molar-refractivity contribution is -0.137. The van der Waals surface area contributed by atoms with Crippen LogP contribution in [-0.2, 0) is 6.18 Å². The fraction of sp³-hybridized carbons (Fsp3) is 0.0556. The molecule has 4 nitrogen and oxygen atoms in total. The zero-order chi connectivity index (χ0) is 29.9.